The Bertz CT molecular complexity index is 891. The van der Waals surface area contributed by atoms with Crippen molar-refractivity contribution in [1.82, 2.24) is 15.0 Å². The molecule has 23 heavy (non-hydrogen) atoms. The Morgan fingerprint density at radius 2 is 1.96 bits per heavy atom. The van der Waals surface area contributed by atoms with Crippen LogP contribution < -0.4 is 5.32 Å². The third-order valence-electron chi connectivity index (χ3n) is 3.40. The normalized spacial score (nSPS) is 10.1. The number of carbonyl (C=O) groups excluding carboxylic acids is 1. The van der Waals surface area contributed by atoms with E-state index in [0.29, 0.717) is 16.9 Å². The van der Waals surface area contributed by atoms with Gasteiger partial charge in [-0.25, -0.2) is 4.68 Å². The molecule has 0 saturated carbocycles. The van der Waals surface area contributed by atoms with E-state index in [0.717, 1.165) is 5.69 Å². The second-order valence-electron chi connectivity index (χ2n) is 4.95. The molecule has 1 N–H and O–H groups in total. The Kier molecular flexibility index (Phi) is 3.89. The second kappa shape index (κ2) is 6.16. The number of benzene rings is 2. The number of nitrogens with zero attached hydrogens (tertiary/aromatic N) is 3. The van der Waals surface area contributed by atoms with Gasteiger partial charge in [-0.05, 0) is 37.3 Å². The predicted octanol–water partition coefficient (Wildman–Crippen LogP) is 2.81. The lowest BCUT2D eigenvalue weighted by Crippen LogP contribution is -2.14. The van der Waals surface area contributed by atoms with Crippen LogP contribution in [0.2, 0.25) is 0 Å². The third kappa shape index (κ3) is 2.97. The molecule has 0 spiro atoms. The largest absolute Gasteiger partial charge is 0.320 e. The zero-order chi connectivity index (χ0) is 16.2. The molecule has 0 radical (unpaired) electrons. The van der Waals surface area contributed by atoms with E-state index in [9.17, 15) is 4.79 Å². The fourth-order valence-corrected chi connectivity index (χ4v) is 2.23. The van der Waals surface area contributed by atoms with E-state index in [4.69, 9.17) is 6.42 Å². The van der Waals surface area contributed by atoms with Gasteiger partial charge < -0.3 is 5.32 Å². The van der Waals surface area contributed by atoms with Crippen LogP contribution in [0.5, 0.6) is 0 Å². The van der Waals surface area contributed by atoms with Gasteiger partial charge in [-0.1, -0.05) is 35.4 Å². The Morgan fingerprint density at radius 1 is 1.17 bits per heavy atom. The summed E-state index contributed by atoms with van der Waals surface area (Å²) < 4.78 is 1.63. The van der Waals surface area contributed by atoms with Crippen LogP contribution in [0.4, 0.5) is 5.69 Å². The molecule has 0 aliphatic heterocycles. The minimum atomic E-state index is -0.321. The van der Waals surface area contributed by atoms with Gasteiger partial charge in [0.25, 0.3) is 5.91 Å². The molecule has 0 saturated heterocycles. The van der Waals surface area contributed by atoms with Crippen LogP contribution in [0, 0.1) is 19.3 Å². The number of nitrogens with one attached hydrogen (secondary N) is 1. The smallest absolute Gasteiger partial charge is 0.278 e. The molecule has 112 valence electrons. The van der Waals surface area contributed by atoms with Gasteiger partial charge in [0.05, 0.1) is 11.4 Å². The van der Waals surface area contributed by atoms with Crippen molar-refractivity contribution in [3.63, 3.8) is 0 Å². The van der Waals surface area contributed by atoms with Crippen molar-refractivity contribution in [2.75, 3.05) is 5.32 Å². The molecular weight excluding hydrogens is 288 g/mol. The zero-order valence-electron chi connectivity index (χ0n) is 12.5. The molecule has 0 atom stereocenters. The highest BCUT2D eigenvalue weighted by Gasteiger charge is 2.17. The van der Waals surface area contributed by atoms with Crippen molar-refractivity contribution in [3.05, 3.63) is 71.5 Å². The van der Waals surface area contributed by atoms with Crippen LogP contribution in [0.25, 0.3) is 5.69 Å². The molecule has 5 heteroatoms. The topological polar surface area (TPSA) is 59.8 Å². The molecule has 0 aliphatic carbocycles. The fraction of sp³-hybridized carbons (Fsp3) is 0.0556. The van der Waals surface area contributed by atoms with Gasteiger partial charge in [-0.2, -0.15) is 0 Å². The molecule has 0 bridgehead atoms. The molecule has 1 amide bonds. The molecular formula is C18H14N4O. The first-order valence-electron chi connectivity index (χ1n) is 7.05. The van der Waals surface area contributed by atoms with Crippen molar-refractivity contribution in [3.8, 4) is 18.0 Å². The maximum Gasteiger partial charge on any atom is 0.278 e. The van der Waals surface area contributed by atoms with Gasteiger partial charge in [-0.3, -0.25) is 4.79 Å². The van der Waals surface area contributed by atoms with Gasteiger partial charge in [-0.15, -0.1) is 11.5 Å². The van der Waals surface area contributed by atoms with Gasteiger partial charge in [0.15, 0.2) is 5.69 Å². The van der Waals surface area contributed by atoms with Gasteiger partial charge in [0, 0.05) is 11.3 Å². The van der Waals surface area contributed by atoms with Crippen LogP contribution in [0.3, 0.4) is 0 Å². The van der Waals surface area contributed by atoms with E-state index in [-0.39, 0.29) is 11.6 Å². The summed E-state index contributed by atoms with van der Waals surface area (Å²) in [5, 5.41) is 10.8. The summed E-state index contributed by atoms with van der Waals surface area (Å²) in [6.07, 6.45) is 5.36. The van der Waals surface area contributed by atoms with E-state index in [1.165, 1.54) is 0 Å². The standard InChI is InChI=1S/C18H14N4O/c1-3-14-8-7-9-15(12-14)19-18(23)17-13(2)22(21-20-17)16-10-5-4-6-11-16/h1,4-12H,2H3,(H,19,23). The number of hydrogen-bond donors (Lipinski definition) is 1. The summed E-state index contributed by atoms with van der Waals surface area (Å²) in [5.41, 5.74) is 3.12. The Labute approximate surface area is 134 Å². The summed E-state index contributed by atoms with van der Waals surface area (Å²) in [6.45, 7) is 1.81. The van der Waals surface area contributed by atoms with Gasteiger partial charge >= 0.3 is 0 Å². The van der Waals surface area contributed by atoms with Crippen molar-refractivity contribution >= 4 is 11.6 Å². The number of para-hydroxylation sites is 1. The van der Waals surface area contributed by atoms with E-state index in [1.807, 2.05) is 30.3 Å². The number of terminal acetylenes is 1. The van der Waals surface area contributed by atoms with Crippen LogP contribution in [0.15, 0.2) is 54.6 Å². The summed E-state index contributed by atoms with van der Waals surface area (Å²) in [4.78, 5) is 12.4. The zero-order valence-corrected chi connectivity index (χ0v) is 12.5. The van der Waals surface area contributed by atoms with E-state index < -0.39 is 0 Å². The van der Waals surface area contributed by atoms with Crippen LogP contribution >= 0.6 is 0 Å². The average Bonchev–Trinajstić information content (AvgIpc) is 2.97. The van der Waals surface area contributed by atoms with Crippen molar-refractivity contribution in [2.45, 2.75) is 6.92 Å². The molecule has 3 rings (SSSR count). The number of carbonyl (C=O) groups is 1. The summed E-state index contributed by atoms with van der Waals surface area (Å²) in [7, 11) is 0. The molecule has 1 aromatic heterocycles. The Balaban J connectivity index is 1.86. The number of hydrogen-bond acceptors (Lipinski definition) is 3. The maximum atomic E-state index is 12.4. The lowest BCUT2D eigenvalue weighted by atomic mass is 10.2. The minimum Gasteiger partial charge on any atom is -0.320 e. The first-order valence-corrected chi connectivity index (χ1v) is 7.05. The first-order chi connectivity index (χ1) is 11.2. The minimum absolute atomic E-state index is 0.278. The predicted molar refractivity (Wildman–Crippen MR) is 88.4 cm³/mol. The van der Waals surface area contributed by atoms with Gasteiger partial charge in [0.2, 0.25) is 0 Å². The molecule has 0 unspecified atom stereocenters. The molecule has 0 fully saturated rings. The van der Waals surface area contributed by atoms with Gasteiger partial charge in [0.1, 0.15) is 0 Å². The molecule has 2 aromatic carbocycles. The van der Waals surface area contributed by atoms with Crippen LogP contribution in [0.1, 0.15) is 21.7 Å². The molecule has 3 aromatic rings. The lowest BCUT2D eigenvalue weighted by molar-refractivity contribution is 0.102. The highest BCUT2D eigenvalue weighted by atomic mass is 16.2. The first kappa shape index (κ1) is 14.5. The number of rotatable bonds is 3. The summed E-state index contributed by atoms with van der Waals surface area (Å²) in [5.74, 6) is 2.21. The molecule has 1 heterocycles. The van der Waals surface area contributed by atoms with Crippen molar-refractivity contribution < 1.29 is 4.79 Å². The van der Waals surface area contributed by atoms with E-state index in [1.54, 1.807) is 35.9 Å². The number of amides is 1. The lowest BCUT2D eigenvalue weighted by Gasteiger charge is -2.05. The third-order valence-corrected chi connectivity index (χ3v) is 3.40. The van der Waals surface area contributed by atoms with Crippen LogP contribution in [-0.2, 0) is 0 Å². The summed E-state index contributed by atoms with van der Waals surface area (Å²) >= 11 is 0. The average molecular weight is 302 g/mol. The van der Waals surface area contributed by atoms with E-state index >= 15 is 0 Å². The summed E-state index contributed by atoms with van der Waals surface area (Å²) in [6, 6.07) is 16.6. The Morgan fingerprint density at radius 3 is 2.70 bits per heavy atom. The highest BCUT2D eigenvalue weighted by Crippen LogP contribution is 2.15. The number of anilines is 1. The van der Waals surface area contributed by atoms with Crippen molar-refractivity contribution in [1.29, 1.82) is 0 Å². The number of aromatic nitrogens is 3. The van der Waals surface area contributed by atoms with Crippen LogP contribution in [-0.4, -0.2) is 20.9 Å². The highest BCUT2D eigenvalue weighted by molar-refractivity contribution is 6.03. The SMILES string of the molecule is C#Cc1cccc(NC(=O)c2nnn(-c3ccccc3)c2C)c1. The second-order valence-corrected chi connectivity index (χ2v) is 4.95. The fourth-order valence-electron chi connectivity index (χ4n) is 2.23. The quantitative estimate of drug-likeness (QED) is 0.757. The monoisotopic (exact) mass is 302 g/mol. The maximum absolute atomic E-state index is 12.4. The van der Waals surface area contributed by atoms with Crippen molar-refractivity contribution in [2.24, 2.45) is 0 Å². The Hall–Kier alpha value is -3.39. The molecule has 0 aliphatic rings. The van der Waals surface area contributed by atoms with E-state index in [2.05, 4.69) is 21.5 Å². The molecule has 5 nitrogen and oxygen atoms in total.